The van der Waals surface area contributed by atoms with Crippen molar-refractivity contribution in [1.82, 2.24) is 4.98 Å². The van der Waals surface area contributed by atoms with Gasteiger partial charge >= 0.3 is 0 Å². The van der Waals surface area contributed by atoms with Crippen LogP contribution in [-0.4, -0.2) is 32.1 Å². The highest BCUT2D eigenvalue weighted by molar-refractivity contribution is 6.01. The number of methoxy groups -OCH3 is 3. The van der Waals surface area contributed by atoms with Crippen molar-refractivity contribution < 1.29 is 19.0 Å². The number of carbonyl (C=O) groups is 1. The van der Waals surface area contributed by atoms with Crippen LogP contribution in [0.25, 0.3) is 10.9 Å². The van der Waals surface area contributed by atoms with E-state index in [1.807, 2.05) is 0 Å². The molecule has 1 heterocycles. The molecule has 0 saturated carbocycles. The van der Waals surface area contributed by atoms with Crippen molar-refractivity contribution in [2.24, 2.45) is 0 Å². The zero-order chi connectivity index (χ0) is 14.9. The van der Waals surface area contributed by atoms with E-state index in [9.17, 15) is 4.79 Å². The number of ketones is 1. The Labute approximate surface area is 117 Å². The molecule has 2 rings (SSSR count). The number of hydrogen-bond donors (Lipinski definition) is 0. The van der Waals surface area contributed by atoms with Crippen LogP contribution < -0.4 is 14.2 Å². The molecule has 2 aromatic rings. The predicted molar refractivity (Wildman–Crippen MR) is 76.1 cm³/mol. The van der Waals surface area contributed by atoms with Crippen molar-refractivity contribution in [3.05, 3.63) is 23.4 Å². The first-order chi connectivity index (χ1) is 9.53. The standard InChI is InChI=1S/C15H17NO4/c1-8-10(9(2)17)6-11-12(16-8)7-13(18-3)15(20-5)14(11)19-4/h6-7H,1-5H3. The lowest BCUT2D eigenvalue weighted by Gasteiger charge is -2.15. The van der Waals surface area contributed by atoms with Crippen LogP contribution in [0.5, 0.6) is 17.2 Å². The van der Waals surface area contributed by atoms with Crippen LogP contribution in [0.2, 0.25) is 0 Å². The second kappa shape index (κ2) is 5.36. The molecule has 20 heavy (non-hydrogen) atoms. The number of aryl methyl sites for hydroxylation is 1. The van der Waals surface area contributed by atoms with Crippen LogP contribution in [-0.2, 0) is 0 Å². The van der Waals surface area contributed by atoms with Crippen molar-refractivity contribution in [1.29, 1.82) is 0 Å². The number of ether oxygens (including phenoxy) is 3. The number of nitrogens with zero attached hydrogens (tertiary/aromatic N) is 1. The molecule has 0 aliphatic carbocycles. The predicted octanol–water partition coefficient (Wildman–Crippen LogP) is 2.77. The molecule has 0 aliphatic rings. The largest absolute Gasteiger partial charge is 0.493 e. The first kappa shape index (κ1) is 14.1. The Kier molecular flexibility index (Phi) is 3.79. The van der Waals surface area contributed by atoms with Crippen LogP contribution in [0.4, 0.5) is 0 Å². The van der Waals surface area contributed by atoms with Crippen molar-refractivity contribution in [3.63, 3.8) is 0 Å². The smallest absolute Gasteiger partial charge is 0.204 e. The first-order valence-corrected chi connectivity index (χ1v) is 6.14. The summed E-state index contributed by atoms with van der Waals surface area (Å²) in [5.74, 6) is 1.51. The molecule has 0 unspecified atom stereocenters. The Hall–Kier alpha value is -2.30. The summed E-state index contributed by atoms with van der Waals surface area (Å²) < 4.78 is 16.0. The molecule has 0 bridgehead atoms. The third-order valence-electron chi connectivity index (χ3n) is 3.19. The number of fused-ring (bicyclic) bond motifs is 1. The SMILES string of the molecule is COc1cc2nc(C)c(C(C)=O)cc2c(OC)c1OC. The average Bonchev–Trinajstić information content (AvgIpc) is 2.43. The molecule has 0 atom stereocenters. The molecule has 0 N–H and O–H groups in total. The van der Waals surface area contributed by atoms with E-state index in [1.54, 1.807) is 40.4 Å². The molecule has 0 saturated heterocycles. The molecule has 1 aromatic carbocycles. The molecule has 0 spiro atoms. The monoisotopic (exact) mass is 275 g/mol. The molecule has 0 amide bonds. The van der Waals surface area contributed by atoms with Gasteiger partial charge in [0.05, 0.1) is 26.8 Å². The maximum atomic E-state index is 11.7. The highest BCUT2D eigenvalue weighted by atomic mass is 16.5. The molecular formula is C15H17NO4. The molecule has 0 radical (unpaired) electrons. The van der Waals surface area contributed by atoms with E-state index in [0.717, 1.165) is 5.39 Å². The minimum Gasteiger partial charge on any atom is -0.493 e. The Morgan fingerprint density at radius 3 is 2.20 bits per heavy atom. The van der Waals surface area contributed by atoms with Gasteiger partial charge in [0.25, 0.3) is 0 Å². The van der Waals surface area contributed by atoms with Crippen LogP contribution in [0, 0.1) is 6.92 Å². The average molecular weight is 275 g/mol. The maximum absolute atomic E-state index is 11.7. The molecule has 0 fully saturated rings. The molecule has 0 aliphatic heterocycles. The topological polar surface area (TPSA) is 57.7 Å². The normalized spacial score (nSPS) is 10.4. The summed E-state index contributed by atoms with van der Waals surface area (Å²) in [5, 5.41) is 0.723. The van der Waals surface area contributed by atoms with Crippen LogP contribution in [0.1, 0.15) is 23.0 Å². The summed E-state index contributed by atoms with van der Waals surface area (Å²) in [4.78, 5) is 16.1. The number of hydrogen-bond acceptors (Lipinski definition) is 5. The lowest BCUT2D eigenvalue weighted by molar-refractivity contribution is 0.101. The van der Waals surface area contributed by atoms with Gasteiger partial charge < -0.3 is 14.2 Å². The Bertz CT molecular complexity index is 679. The van der Waals surface area contributed by atoms with Crippen molar-refractivity contribution in [2.45, 2.75) is 13.8 Å². The quantitative estimate of drug-likeness (QED) is 0.803. The van der Waals surface area contributed by atoms with E-state index < -0.39 is 0 Å². The van der Waals surface area contributed by atoms with E-state index in [-0.39, 0.29) is 5.78 Å². The molecule has 106 valence electrons. The summed E-state index contributed by atoms with van der Waals surface area (Å²) in [6, 6.07) is 3.55. The van der Waals surface area contributed by atoms with Gasteiger partial charge in [-0.3, -0.25) is 9.78 Å². The Morgan fingerprint density at radius 1 is 1.05 bits per heavy atom. The summed E-state index contributed by atoms with van der Waals surface area (Å²) in [6.07, 6.45) is 0. The Morgan fingerprint density at radius 2 is 1.70 bits per heavy atom. The fourth-order valence-electron chi connectivity index (χ4n) is 2.24. The first-order valence-electron chi connectivity index (χ1n) is 6.14. The molecule has 1 aromatic heterocycles. The lowest BCUT2D eigenvalue weighted by Crippen LogP contribution is -2.02. The fraction of sp³-hybridized carbons (Fsp3) is 0.333. The van der Waals surface area contributed by atoms with Gasteiger partial charge in [-0.2, -0.15) is 0 Å². The van der Waals surface area contributed by atoms with E-state index in [1.165, 1.54) is 6.92 Å². The van der Waals surface area contributed by atoms with Gasteiger partial charge in [-0.25, -0.2) is 0 Å². The zero-order valence-corrected chi connectivity index (χ0v) is 12.2. The van der Waals surface area contributed by atoms with Gasteiger partial charge in [-0.05, 0) is 19.9 Å². The Balaban J connectivity index is 2.89. The van der Waals surface area contributed by atoms with E-state index in [0.29, 0.717) is 34.0 Å². The third-order valence-corrected chi connectivity index (χ3v) is 3.19. The minimum absolute atomic E-state index is 0.0336. The van der Waals surface area contributed by atoms with Crippen LogP contribution in [0.15, 0.2) is 12.1 Å². The van der Waals surface area contributed by atoms with Crippen LogP contribution in [0.3, 0.4) is 0 Å². The third kappa shape index (κ3) is 2.15. The lowest BCUT2D eigenvalue weighted by atomic mass is 10.1. The highest BCUT2D eigenvalue weighted by Gasteiger charge is 2.18. The fourth-order valence-corrected chi connectivity index (χ4v) is 2.24. The number of benzene rings is 1. The van der Waals surface area contributed by atoms with Gasteiger partial charge in [-0.1, -0.05) is 0 Å². The zero-order valence-electron chi connectivity index (χ0n) is 12.2. The summed E-state index contributed by atoms with van der Waals surface area (Å²) in [5.41, 5.74) is 1.95. The van der Waals surface area contributed by atoms with Gasteiger partial charge in [-0.15, -0.1) is 0 Å². The second-order valence-corrected chi connectivity index (χ2v) is 4.39. The maximum Gasteiger partial charge on any atom is 0.204 e. The number of Topliss-reactive ketones (excluding diaryl/α,β-unsaturated/α-hetero) is 1. The number of carbonyl (C=O) groups excluding carboxylic acids is 1. The molecule has 5 heteroatoms. The minimum atomic E-state index is -0.0336. The van der Waals surface area contributed by atoms with Gasteiger partial charge in [0.1, 0.15) is 0 Å². The van der Waals surface area contributed by atoms with E-state index in [2.05, 4.69) is 4.98 Å². The summed E-state index contributed by atoms with van der Waals surface area (Å²) in [6.45, 7) is 3.32. The van der Waals surface area contributed by atoms with E-state index >= 15 is 0 Å². The van der Waals surface area contributed by atoms with Gasteiger partial charge in [0.2, 0.25) is 5.75 Å². The number of rotatable bonds is 4. The van der Waals surface area contributed by atoms with Crippen molar-refractivity contribution >= 4 is 16.7 Å². The van der Waals surface area contributed by atoms with Crippen molar-refractivity contribution in [2.75, 3.05) is 21.3 Å². The highest BCUT2D eigenvalue weighted by Crippen LogP contribution is 2.43. The second-order valence-electron chi connectivity index (χ2n) is 4.39. The van der Waals surface area contributed by atoms with Gasteiger partial charge in [0.15, 0.2) is 17.3 Å². The number of aromatic nitrogens is 1. The van der Waals surface area contributed by atoms with Crippen LogP contribution >= 0.6 is 0 Å². The molecular weight excluding hydrogens is 258 g/mol. The van der Waals surface area contributed by atoms with Crippen molar-refractivity contribution in [3.8, 4) is 17.2 Å². The molecule has 5 nitrogen and oxygen atoms in total. The van der Waals surface area contributed by atoms with E-state index in [4.69, 9.17) is 14.2 Å². The van der Waals surface area contributed by atoms with Gasteiger partial charge in [0, 0.05) is 22.7 Å². The number of pyridine rings is 1. The summed E-state index contributed by atoms with van der Waals surface area (Å²) >= 11 is 0. The summed E-state index contributed by atoms with van der Waals surface area (Å²) in [7, 11) is 4.64.